The van der Waals surface area contributed by atoms with Crippen LogP contribution < -0.4 is 11.1 Å². The van der Waals surface area contributed by atoms with E-state index in [4.69, 9.17) is 5.73 Å². The molecule has 1 aliphatic rings. The molecule has 1 aliphatic heterocycles. The number of nitrogens with one attached hydrogen (secondary N) is 1. The van der Waals surface area contributed by atoms with Crippen LogP contribution in [0.4, 0.5) is 5.69 Å². The molecule has 0 aromatic heterocycles. The van der Waals surface area contributed by atoms with Crippen molar-refractivity contribution in [1.29, 1.82) is 0 Å². The number of rotatable bonds is 4. The van der Waals surface area contributed by atoms with Gasteiger partial charge in [-0.15, -0.1) is 0 Å². The van der Waals surface area contributed by atoms with Crippen molar-refractivity contribution in [2.24, 2.45) is 11.7 Å². The van der Waals surface area contributed by atoms with Gasteiger partial charge in [0, 0.05) is 22.7 Å². The molecule has 1 heterocycles. The van der Waals surface area contributed by atoms with Crippen LogP contribution in [-0.2, 0) is 0 Å². The van der Waals surface area contributed by atoms with Crippen molar-refractivity contribution in [1.82, 2.24) is 0 Å². The fraction of sp³-hybridized carbons (Fsp3) is 0.538. The normalized spacial score (nSPS) is 21.5. The topological polar surface area (TPSA) is 38.0 Å². The number of benzene rings is 1. The second kappa shape index (κ2) is 6.12. The molecule has 0 radical (unpaired) electrons. The Balaban J connectivity index is 2.09. The maximum Gasteiger partial charge on any atom is 0.0489 e. The van der Waals surface area contributed by atoms with Crippen LogP contribution in [0.3, 0.4) is 0 Å². The molecule has 4 heteroatoms. The lowest BCUT2D eigenvalue weighted by Gasteiger charge is -2.24. The summed E-state index contributed by atoms with van der Waals surface area (Å²) in [6.45, 7) is 2.81. The zero-order chi connectivity index (χ0) is 12.3. The van der Waals surface area contributed by atoms with E-state index in [9.17, 15) is 0 Å². The minimum absolute atomic E-state index is 0.392. The molecule has 1 fully saturated rings. The zero-order valence-corrected chi connectivity index (χ0v) is 12.5. The summed E-state index contributed by atoms with van der Waals surface area (Å²) in [6, 6.07) is 6.77. The highest BCUT2D eigenvalue weighted by Crippen LogP contribution is 2.30. The lowest BCUT2D eigenvalue weighted by atomic mass is 9.99. The van der Waals surface area contributed by atoms with Crippen molar-refractivity contribution in [2.45, 2.75) is 19.4 Å². The van der Waals surface area contributed by atoms with Gasteiger partial charge in [0.2, 0.25) is 0 Å². The van der Waals surface area contributed by atoms with E-state index in [2.05, 4.69) is 46.4 Å². The Morgan fingerprint density at radius 2 is 2.41 bits per heavy atom. The van der Waals surface area contributed by atoms with E-state index >= 15 is 0 Å². The van der Waals surface area contributed by atoms with Crippen LogP contribution in [0.1, 0.15) is 12.0 Å². The van der Waals surface area contributed by atoms with Crippen LogP contribution in [0.25, 0.3) is 0 Å². The molecule has 1 aromatic rings. The largest absolute Gasteiger partial charge is 0.380 e. The molecule has 17 heavy (non-hydrogen) atoms. The van der Waals surface area contributed by atoms with Crippen molar-refractivity contribution in [2.75, 3.05) is 23.4 Å². The lowest BCUT2D eigenvalue weighted by Crippen LogP contribution is -2.36. The van der Waals surface area contributed by atoms with E-state index in [0.717, 1.165) is 10.2 Å². The molecule has 0 amide bonds. The van der Waals surface area contributed by atoms with Crippen LogP contribution in [0.15, 0.2) is 22.7 Å². The van der Waals surface area contributed by atoms with Gasteiger partial charge >= 0.3 is 0 Å². The summed E-state index contributed by atoms with van der Waals surface area (Å²) >= 11 is 5.62. The molecule has 2 atom stereocenters. The summed E-state index contributed by atoms with van der Waals surface area (Å²) in [6.07, 6.45) is 1.28. The molecule has 94 valence electrons. The summed E-state index contributed by atoms with van der Waals surface area (Å²) < 4.78 is 1.12. The number of hydrogen-bond donors (Lipinski definition) is 2. The van der Waals surface area contributed by atoms with Gasteiger partial charge in [0.15, 0.2) is 0 Å². The zero-order valence-electron chi connectivity index (χ0n) is 10.1. The SMILES string of the molecule is Cc1ccc(Br)c(NC(CN)C2CCSC2)c1. The third-order valence-electron chi connectivity index (χ3n) is 3.25. The molecule has 1 saturated heterocycles. The van der Waals surface area contributed by atoms with Gasteiger partial charge in [0.25, 0.3) is 0 Å². The Kier molecular flexibility index (Phi) is 4.77. The summed E-state index contributed by atoms with van der Waals surface area (Å²) in [7, 11) is 0. The number of hydrogen-bond acceptors (Lipinski definition) is 3. The second-order valence-electron chi connectivity index (χ2n) is 4.59. The van der Waals surface area contributed by atoms with Crippen LogP contribution in [0.2, 0.25) is 0 Å². The minimum atomic E-state index is 0.392. The van der Waals surface area contributed by atoms with Gasteiger partial charge in [-0.1, -0.05) is 6.07 Å². The van der Waals surface area contributed by atoms with E-state index < -0.39 is 0 Å². The standard InChI is InChI=1S/C13H19BrN2S/c1-9-2-3-11(14)12(6-9)16-13(7-15)10-4-5-17-8-10/h2-3,6,10,13,16H,4-5,7-8,15H2,1H3. The Labute approximate surface area is 116 Å². The first-order valence-corrected chi connectivity index (χ1v) is 7.96. The predicted octanol–water partition coefficient (Wildman–Crippen LogP) is 3.25. The second-order valence-corrected chi connectivity index (χ2v) is 6.60. The molecule has 3 N–H and O–H groups in total. The smallest absolute Gasteiger partial charge is 0.0489 e. The molecule has 2 unspecified atom stereocenters. The van der Waals surface area contributed by atoms with E-state index in [-0.39, 0.29) is 0 Å². The van der Waals surface area contributed by atoms with Gasteiger partial charge in [0.1, 0.15) is 0 Å². The highest BCUT2D eigenvalue weighted by Gasteiger charge is 2.24. The van der Waals surface area contributed by atoms with Crippen LogP contribution in [-0.4, -0.2) is 24.1 Å². The van der Waals surface area contributed by atoms with Crippen LogP contribution in [0, 0.1) is 12.8 Å². The van der Waals surface area contributed by atoms with Crippen molar-refractivity contribution in [3.8, 4) is 0 Å². The monoisotopic (exact) mass is 314 g/mol. The fourth-order valence-electron chi connectivity index (χ4n) is 2.19. The Morgan fingerprint density at radius 3 is 3.06 bits per heavy atom. The van der Waals surface area contributed by atoms with Gasteiger partial charge in [-0.05, 0) is 64.4 Å². The van der Waals surface area contributed by atoms with Crippen LogP contribution >= 0.6 is 27.7 Å². The average molecular weight is 315 g/mol. The highest BCUT2D eigenvalue weighted by molar-refractivity contribution is 9.10. The van der Waals surface area contributed by atoms with Crippen molar-refractivity contribution in [3.05, 3.63) is 28.2 Å². The first-order valence-electron chi connectivity index (χ1n) is 6.01. The summed E-state index contributed by atoms with van der Waals surface area (Å²) in [5, 5.41) is 3.59. The summed E-state index contributed by atoms with van der Waals surface area (Å²) in [5.74, 6) is 3.22. The first-order chi connectivity index (χ1) is 8.20. The molecular formula is C13H19BrN2S. The molecule has 2 nitrogen and oxygen atoms in total. The van der Waals surface area contributed by atoms with Gasteiger partial charge in [-0.3, -0.25) is 0 Å². The quantitative estimate of drug-likeness (QED) is 0.896. The molecule has 0 saturated carbocycles. The van der Waals surface area contributed by atoms with Crippen LogP contribution in [0.5, 0.6) is 0 Å². The fourth-order valence-corrected chi connectivity index (χ4v) is 3.89. The van der Waals surface area contributed by atoms with Gasteiger partial charge in [0.05, 0.1) is 0 Å². The molecular weight excluding hydrogens is 296 g/mol. The molecule has 0 bridgehead atoms. The molecule has 1 aromatic carbocycles. The van der Waals surface area contributed by atoms with Crippen molar-refractivity contribution < 1.29 is 0 Å². The van der Waals surface area contributed by atoms with E-state index in [0.29, 0.717) is 18.5 Å². The number of nitrogens with two attached hydrogens (primary N) is 1. The number of aryl methyl sites for hydroxylation is 1. The maximum atomic E-state index is 5.90. The summed E-state index contributed by atoms with van der Waals surface area (Å²) in [4.78, 5) is 0. The number of anilines is 1. The third kappa shape index (κ3) is 3.39. The maximum absolute atomic E-state index is 5.90. The van der Waals surface area contributed by atoms with E-state index in [1.165, 1.54) is 23.5 Å². The summed E-state index contributed by atoms with van der Waals surface area (Å²) in [5.41, 5.74) is 8.34. The Bertz CT molecular complexity index is 378. The Morgan fingerprint density at radius 1 is 1.59 bits per heavy atom. The Hall–Kier alpha value is -0.190. The lowest BCUT2D eigenvalue weighted by molar-refractivity contribution is 0.499. The molecule has 2 rings (SSSR count). The predicted molar refractivity (Wildman–Crippen MR) is 80.8 cm³/mol. The van der Waals surface area contributed by atoms with Gasteiger partial charge < -0.3 is 11.1 Å². The highest BCUT2D eigenvalue weighted by atomic mass is 79.9. The molecule has 0 aliphatic carbocycles. The van der Waals surface area contributed by atoms with Gasteiger partial charge in [-0.25, -0.2) is 0 Å². The number of halogens is 1. The van der Waals surface area contributed by atoms with Crippen molar-refractivity contribution >= 4 is 33.4 Å². The third-order valence-corrected chi connectivity index (χ3v) is 5.13. The average Bonchev–Trinajstić information content (AvgIpc) is 2.84. The van der Waals surface area contributed by atoms with Gasteiger partial charge in [-0.2, -0.15) is 11.8 Å². The molecule has 0 spiro atoms. The number of thioether (sulfide) groups is 1. The van der Waals surface area contributed by atoms with E-state index in [1.807, 2.05) is 11.8 Å². The first kappa shape index (κ1) is 13.2. The van der Waals surface area contributed by atoms with E-state index in [1.54, 1.807) is 0 Å². The minimum Gasteiger partial charge on any atom is -0.380 e. The van der Waals surface area contributed by atoms with Crippen molar-refractivity contribution in [3.63, 3.8) is 0 Å².